The molecule has 2 aliphatic rings. The molecule has 0 bridgehead atoms. The van der Waals surface area contributed by atoms with Crippen molar-refractivity contribution in [1.82, 2.24) is 4.72 Å². The van der Waals surface area contributed by atoms with Crippen LogP contribution in [0.2, 0.25) is 0 Å². The molecular weight excluding hydrogens is 345 g/mol. The summed E-state index contributed by atoms with van der Waals surface area (Å²) in [5.74, 6) is 0.480. The molecule has 126 valence electrons. The van der Waals surface area contributed by atoms with Gasteiger partial charge in [-0.1, -0.05) is 6.07 Å². The number of hydrogen-bond acceptors (Lipinski definition) is 3. The van der Waals surface area contributed by atoms with E-state index < -0.39 is 10.0 Å². The second-order valence-electron chi connectivity index (χ2n) is 6.28. The van der Waals surface area contributed by atoms with E-state index in [9.17, 15) is 12.8 Å². The SMILES string of the molecule is O=S(=O)(NC1CCSc2ccc(F)cc21)c1ccc2c(c1)CCC2. The first-order chi connectivity index (χ1) is 11.5. The Bertz CT molecular complexity index is 896. The number of aryl methyl sites for hydroxylation is 2. The molecule has 4 rings (SSSR count). The molecular formula is C18H18FNO2S2. The van der Waals surface area contributed by atoms with Gasteiger partial charge in [-0.05, 0) is 78.5 Å². The summed E-state index contributed by atoms with van der Waals surface area (Å²) in [5.41, 5.74) is 3.11. The highest BCUT2D eigenvalue weighted by Gasteiger charge is 2.27. The molecule has 0 spiro atoms. The lowest BCUT2D eigenvalue weighted by molar-refractivity contribution is 0.541. The first-order valence-corrected chi connectivity index (χ1v) is 10.6. The van der Waals surface area contributed by atoms with Crippen LogP contribution in [0.1, 0.15) is 35.6 Å². The van der Waals surface area contributed by atoms with E-state index in [4.69, 9.17) is 0 Å². The van der Waals surface area contributed by atoms with Crippen molar-refractivity contribution >= 4 is 21.8 Å². The van der Waals surface area contributed by atoms with Gasteiger partial charge >= 0.3 is 0 Å². The highest BCUT2D eigenvalue weighted by atomic mass is 32.2. The number of rotatable bonds is 3. The summed E-state index contributed by atoms with van der Waals surface area (Å²) in [7, 11) is -3.62. The van der Waals surface area contributed by atoms with Crippen LogP contribution in [0, 0.1) is 5.82 Å². The maximum Gasteiger partial charge on any atom is 0.241 e. The molecule has 1 atom stereocenters. The standard InChI is InChI=1S/C18H18FNO2S2/c19-14-5-7-18-16(11-14)17(8-9-23-18)20-24(21,22)15-6-4-12-2-1-3-13(12)10-15/h4-7,10-11,17,20H,1-3,8-9H2. The summed E-state index contributed by atoms with van der Waals surface area (Å²) in [5, 5.41) is 0. The molecule has 1 N–H and O–H groups in total. The van der Waals surface area contributed by atoms with E-state index in [2.05, 4.69) is 4.72 Å². The second kappa shape index (κ2) is 6.17. The van der Waals surface area contributed by atoms with Gasteiger partial charge in [-0.15, -0.1) is 11.8 Å². The Morgan fingerprint density at radius 3 is 2.79 bits per heavy atom. The molecule has 1 aliphatic carbocycles. The average Bonchev–Trinajstić information content (AvgIpc) is 3.03. The van der Waals surface area contributed by atoms with Gasteiger partial charge in [0.2, 0.25) is 10.0 Å². The van der Waals surface area contributed by atoms with E-state index in [1.807, 2.05) is 6.07 Å². The van der Waals surface area contributed by atoms with Gasteiger partial charge in [-0.3, -0.25) is 0 Å². The topological polar surface area (TPSA) is 46.2 Å². The minimum atomic E-state index is -3.62. The molecule has 1 unspecified atom stereocenters. The van der Waals surface area contributed by atoms with Crippen molar-refractivity contribution in [3.63, 3.8) is 0 Å². The molecule has 0 saturated heterocycles. The molecule has 2 aromatic rings. The Kier molecular flexibility index (Phi) is 4.14. The van der Waals surface area contributed by atoms with E-state index in [0.29, 0.717) is 11.3 Å². The highest BCUT2D eigenvalue weighted by Crippen LogP contribution is 2.37. The van der Waals surface area contributed by atoms with Crippen LogP contribution >= 0.6 is 11.8 Å². The van der Waals surface area contributed by atoms with E-state index in [0.717, 1.165) is 41.0 Å². The zero-order valence-corrected chi connectivity index (χ0v) is 14.7. The summed E-state index contributed by atoms with van der Waals surface area (Å²) < 4.78 is 41.9. The fraction of sp³-hybridized carbons (Fsp3) is 0.333. The van der Waals surface area contributed by atoms with Crippen molar-refractivity contribution in [3.05, 3.63) is 58.9 Å². The van der Waals surface area contributed by atoms with Crippen molar-refractivity contribution in [2.24, 2.45) is 0 Å². The lowest BCUT2D eigenvalue weighted by Gasteiger charge is -2.26. The lowest BCUT2D eigenvalue weighted by atomic mass is 10.0. The Morgan fingerprint density at radius 1 is 1.08 bits per heavy atom. The number of fused-ring (bicyclic) bond motifs is 2. The van der Waals surface area contributed by atoms with Gasteiger partial charge in [-0.25, -0.2) is 17.5 Å². The minimum absolute atomic E-state index is 0.305. The van der Waals surface area contributed by atoms with Crippen molar-refractivity contribution in [2.75, 3.05) is 5.75 Å². The Labute approximate surface area is 145 Å². The van der Waals surface area contributed by atoms with Gasteiger partial charge in [0.05, 0.1) is 4.90 Å². The van der Waals surface area contributed by atoms with E-state index in [-0.39, 0.29) is 11.9 Å². The quantitative estimate of drug-likeness (QED) is 0.901. The van der Waals surface area contributed by atoms with Crippen LogP contribution in [0.25, 0.3) is 0 Å². The number of benzene rings is 2. The molecule has 6 heteroatoms. The molecule has 3 nitrogen and oxygen atoms in total. The second-order valence-corrected chi connectivity index (χ2v) is 9.13. The zero-order valence-electron chi connectivity index (χ0n) is 13.1. The minimum Gasteiger partial charge on any atom is -0.207 e. The lowest BCUT2D eigenvalue weighted by Crippen LogP contribution is -2.31. The van der Waals surface area contributed by atoms with Crippen LogP contribution in [0.15, 0.2) is 46.2 Å². The van der Waals surface area contributed by atoms with Crippen LogP contribution in [-0.4, -0.2) is 14.2 Å². The van der Waals surface area contributed by atoms with Gasteiger partial charge in [-0.2, -0.15) is 0 Å². The summed E-state index contributed by atoms with van der Waals surface area (Å²) in [6, 6.07) is 9.59. The van der Waals surface area contributed by atoms with E-state index in [1.165, 1.54) is 17.7 Å². The van der Waals surface area contributed by atoms with Crippen molar-refractivity contribution in [3.8, 4) is 0 Å². The van der Waals surface area contributed by atoms with Gasteiger partial charge < -0.3 is 0 Å². The van der Waals surface area contributed by atoms with Crippen LogP contribution < -0.4 is 4.72 Å². The first kappa shape index (κ1) is 16.1. The van der Waals surface area contributed by atoms with Crippen molar-refractivity contribution in [1.29, 1.82) is 0 Å². The zero-order chi connectivity index (χ0) is 16.7. The molecule has 24 heavy (non-hydrogen) atoms. The third-order valence-electron chi connectivity index (χ3n) is 4.69. The normalized spacial score (nSPS) is 19.8. The molecule has 1 heterocycles. The van der Waals surface area contributed by atoms with Crippen LogP contribution in [0.3, 0.4) is 0 Å². The van der Waals surface area contributed by atoms with Gasteiger partial charge in [0.1, 0.15) is 5.82 Å². The smallest absolute Gasteiger partial charge is 0.207 e. The average molecular weight is 363 g/mol. The summed E-state index contributed by atoms with van der Waals surface area (Å²) in [4.78, 5) is 1.25. The maximum absolute atomic E-state index is 13.6. The highest BCUT2D eigenvalue weighted by molar-refractivity contribution is 7.99. The van der Waals surface area contributed by atoms with Gasteiger partial charge in [0.25, 0.3) is 0 Å². The van der Waals surface area contributed by atoms with E-state index >= 15 is 0 Å². The third-order valence-corrected chi connectivity index (χ3v) is 7.28. The van der Waals surface area contributed by atoms with Crippen LogP contribution in [0.5, 0.6) is 0 Å². The van der Waals surface area contributed by atoms with E-state index in [1.54, 1.807) is 30.0 Å². The molecule has 2 aromatic carbocycles. The fourth-order valence-electron chi connectivity index (χ4n) is 3.46. The fourth-order valence-corrected chi connectivity index (χ4v) is 5.86. The number of sulfonamides is 1. The van der Waals surface area contributed by atoms with Gasteiger partial charge in [0, 0.05) is 10.9 Å². The number of nitrogens with one attached hydrogen (secondary N) is 1. The number of hydrogen-bond donors (Lipinski definition) is 1. The molecule has 0 amide bonds. The number of thioether (sulfide) groups is 1. The molecule has 0 radical (unpaired) electrons. The van der Waals surface area contributed by atoms with Gasteiger partial charge in [0.15, 0.2) is 0 Å². The summed E-state index contributed by atoms with van der Waals surface area (Å²) >= 11 is 1.64. The monoisotopic (exact) mass is 363 g/mol. The number of halogens is 1. The Morgan fingerprint density at radius 2 is 1.92 bits per heavy atom. The Balaban J connectivity index is 1.65. The predicted octanol–water partition coefficient (Wildman–Crippen LogP) is 3.83. The van der Waals surface area contributed by atoms with Crippen molar-refractivity contribution in [2.45, 2.75) is 41.5 Å². The van der Waals surface area contributed by atoms with Crippen molar-refractivity contribution < 1.29 is 12.8 Å². The van der Waals surface area contributed by atoms with Crippen LogP contribution in [0.4, 0.5) is 4.39 Å². The molecule has 0 saturated carbocycles. The predicted molar refractivity (Wildman–Crippen MR) is 93.3 cm³/mol. The Hall–Kier alpha value is -1.37. The molecule has 0 aromatic heterocycles. The summed E-state index contributed by atoms with van der Waals surface area (Å²) in [6.07, 6.45) is 3.70. The largest absolute Gasteiger partial charge is 0.241 e. The molecule has 1 aliphatic heterocycles. The molecule has 0 fully saturated rings. The maximum atomic E-state index is 13.6. The first-order valence-electron chi connectivity index (χ1n) is 8.09. The third kappa shape index (κ3) is 2.98. The summed E-state index contributed by atoms with van der Waals surface area (Å²) in [6.45, 7) is 0. The van der Waals surface area contributed by atoms with Crippen LogP contribution in [-0.2, 0) is 22.9 Å².